The second-order valence-electron chi connectivity index (χ2n) is 5.91. The number of unbranched alkanes of at least 4 members (excludes halogenated alkanes) is 2. The Morgan fingerprint density at radius 2 is 1.90 bits per heavy atom. The van der Waals surface area contributed by atoms with Gasteiger partial charge in [0.15, 0.2) is 9.84 Å². The molecule has 0 heterocycles. The molecule has 2 N–H and O–H groups in total. The fraction of sp³-hybridized carbons (Fsp3) is 0.562. The van der Waals surface area contributed by atoms with Crippen molar-refractivity contribution in [2.24, 2.45) is 5.73 Å². The van der Waals surface area contributed by atoms with E-state index >= 15 is 0 Å². The van der Waals surface area contributed by atoms with Crippen LogP contribution in [0.5, 0.6) is 0 Å². The molecule has 1 atom stereocenters. The molecule has 0 aliphatic heterocycles. The summed E-state index contributed by atoms with van der Waals surface area (Å²) in [4.78, 5) is 12.2. The van der Waals surface area contributed by atoms with E-state index in [0.717, 1.165) is 24.8 Å². The quantitative estimate of drug-likeness (QED) is 0.786. The maximum Gasteiger partial charge on any atom is 0.227 e. The maximum absolute atomic E-state index is 11.9. The average molecular weight is 311 g/mol. The Balaban J connectivity index is 3.22. The number of hydrogen-bond acceptors (Lipinski definition) is 3. The number of carbonyl (C=O) groups excluding carboxylic acids is 1. The number of primary amides is 1. The highest BCUT2D eigenvalue weighted by molar-refractivity contribution is 7.90. The third kappa shape index (κ3) is 4.06. The van der Waals surface area contributed by atoms with Gasteiger partial charge in [-0.1, -0.05) is 38.3 Å². The van der Waals surface area contributed by atoms with Crippen LogP contribution in [0.1, 0.15) is 50.7 Å². The number of amides is 1. The third-order valence-corrected chi connectivity index (χ3v) is 5.29. The monoisotopic (exact) mass is 311 g/mol. The van der Waals surface area contributed by atoms with E-state index in [1.807, 2.05) is 6.92 Å². The van der Waals surface area contributed by atoms with Crippen molar-refractivity contribution in [1.29, 1.82) is 0 Å². The summed E-state index contributed by atoms with van der Waals surface area (Å²) in [5.41, 5.74) is 6.29. The van der Waals surface area contributed by atoms with Crippen molar-refractivity contribution in [3.63, 3.8) is 0 Å². The summed E-state index contributed by atoms with van der Waals surface area (Å²) in [6.45, 7) is 5.68. The first kappa shape index (κ1) is 17.7. The molecule has 0 aromatic heterocycles. The average Bonchev–Trinajstić information content (AvgIpc) is 2.36. The first-order valence-corrected chi connectivity index (χ1v) is 9.13. The lowest BCUT2D eigenvalue weighted by Gasteiger charge is -2.27. The molecule has 5 heteroatoms. The first-order chi connectivity index (χ1) is 9.63. The second kappa shape index (κ2) is 6.60. The third-order valence-electron chi connectivity index (χ3n) is 4.04. The van der Waals surface area contributed by atoms with Gasteiger partial charge in [0.1, 0.15) is 0 Å². The Bertz CT molecular complexity index is 622. The molecule has 0 radical (unpaired) electrons. The van der Waals surface area contributed by atoms with Gasteiger partial charge in [-0.15, -0.1) is 0 Å². The van der Waals surface area contributed by atoms with E-state index in [-0.39, 0.29) is 5.91 Å². The number of nitrogens with two attached hydrogens (primary N) is 1. The SMILES string of the molecule is CCCCC[C@@](C)(C(N)=O)c1ccc(S(C)(=O)=O)c(C)c1. The molecule has 1 aromatic rings. The minimum Gasteiger partial charge on any atom is -0.369 e. The number of rotatable bonds is 7. The summed E-state index contributed by atoms with van der Waals surface area (Å²) in [5.74, 6) is -0.370. The molecule has 1 aromatic carbocycles. The molecule has 1 amide bonds. The van der Waals surface area contributed by atoms with Gasteiger partial charge in [-0.05, 0) is 37.5 Å². The molecule has 118 valence electrons. The van der Waals surface area contributed by atoms with Crippen molar-refractivity contribution in [3.05, 3.63) is 29.3 Å². The molecule has 0 aliphatic carbocycles. The van der Waals surface area contributed by atoms with Gasteiger partial charge in [0.05, 0.1) is 10.3 Å². The molecule has 0 saturated heterocycles. The lowest BCUT2D eigenvalue weighted by atomic mass is 9.77. The van der Waals surface area contributed by atoms with Crippen molar-refractivity contribution in [1.82, 2.24) is 0 Å². The summed E-state index contributed by atoms with van der Waals surface area (Å²) in [7, 11) is -3.25. The van der Waals surface area contributed by atoms with Crippen LogP contribution in [0.4, 0.5) is 0 Å². The minimum absolute atomic E-state index is 0.298. The lowest BCUT2D eigenvalue weighted by molar-refractivity contribution is -0.123. The predicted molar refractivity (Wildman–Crippen MR) is 85.0 cm³/mol. The van der Waals surface area contributed by atoms with Crippen molar-refractivity contribution < 1.29 is 13.2 Å². The molecule has 0 fully saturated rings. The largest absolute Gasteiger partial charge is 0.369 e. The number of hydrogen-bond donors (Lipinski definition) is 1. The predicted octanol–water partition coefficient (Wildman–Crippen LogP) is 2.72. The molecule has 0 spiro atoms. The van der Waals surface area contributed by atoms with Crippen LogP contribution < -0.4 is 5.73 Å². The smallest absolute Gasteiger partial charge is 0.227 e. The molecular weight excluding hydrogens is 286 g/mol. The normalized spacial score (nSPS) is 14.7. The highest BCUT2D eigenvalue weighted by Crippen LogP contribution is 2.32. The van der Waals surface area contributed by atoms with Gasteiger partial charge < -0.3 is 5.73 Å². The maximum atomic E-state index is 11.9. The summed E-state index contributed by atoms with van der Waals surface area (Å²) >= 11 is 0. The zero-order valence-electron chi connectivity index (χ0n) is 13.3. The van der Waals surface area contributed by atoms with Crippen molar-refractivity contribution in [2.75, 3.05) is 6.26 Å². The van der Waals surface area contributed by atoms with E-state index in [9.17, 15) is 13.2 Å². The summed E-state index contributed by atoms with van der Waals surface area (Å²) in [6, 6.07) is 5.05. The fourth-order valence-corrected chi connectivity index (χ4v) is 3.51. The van der Waals surface area contributed by atoms with Crippen LogP contribution in [-0.2, 0) is 20.0 Å². The highest BCUT2D eigenvalue weighted by atomic mass is 32.2. The molecule has 0 aliphatic rings. The Morgan fingerprint density at radius 3 is 2.33 bits per heavy atom. The first-order valence-electron chi connectivity index (χ1n) is 7.24. The van der Waals surface area contributed by atoms with E-state index in [0.29, 0.717) is 16.9 Å². The number of benzene rings is 1. The molecule has 0 unspecified atom stereocenters. The van der Waals surface area contributed by atoms with Gasteiger partial charge in [-0.25, -0.2) is 8.42 Å². The number of carbonyl (C=O) groups is 1. The zero-order valence-corrected chi connectivity index (χ0v) is 14.1. The van der Waals surface area contributed by atoms with E-state index in [4.69, 9.17) is 5.73 Å². The standard InChI is InChI=1S/C16H25NO3S/c1-5-6-7-10-16(3,15(17)18)13-8-9-14(12(2)11-13)21(4,19)20/h8-9,11H,5-7,10H2,1-4H3,(H2,17,18)/t16-/m1/s1. The van der Waals surface area contributed by atoms with Gasteiger partial charge in [-0.2, -0.15) is 0 Å². The van der Waals surface area contributed by atoms with Crippen LogP contribution in [-0.4, -0.2) is 20.6 Å². The van der Waals surface area contributed by atoms with Crippen LogP contribution in [0.25, 0.3) is 0 Å². The van der Waals surface area contributed by atoms with E-state index < -0.39 is 15.3 Å². The van der Waals surface area contributed by atoms with Crippen molar-refractivity contribution in [2.45, 2.75) is 56.8 Å². The summed E-state index contributed by atoms with van der Waals surface area (Å²) < 4.78 is 23.3. The summed E-state index contributed by atoms with van der Waals surface area (Å²) in [6.07, 6.45) is 4.89. The van der Waals surface area contributed by atoms with Crippen LogP contribution >= 0.6 is 0 Å². The van der Waals surface area contributed by atoms with Gasteiger partial charge in [0.25, 0.3) is 0 Å². The fourth-order valence-electron chi connectivity index (χ4n) is 2.55. The molecule has 0 saturated carbocycles. The molecule has 21 heavy (non-hydrogen) atoms. The van der Waals surface area contributed by atoms with Crippen molar-refractivity contribution >= 4 is 15.7 Å². The number of aryl methyl sites for hydroxylation is 1. The number of sulfone groups is 1. The second-order valence-corrected chi connectivity index (χ2v) is 7.89. The van der Waals surface area contributed by atoms with Crippen LogP contribution in [0.3, 0.4) is 0 Å². The Hall–Kier alpha value is -1.36. The molecular formula is C16H25NO3S. The summed E-state index contributed by atoms with van der Waals surface area (Å²) in [5, 5.41) is 0. The van der Waals surface area contributed by atoms with E-state index in [1.54, 1.807) is 25.1 Å². The van der Waals surface area contributed by atoms with Crippen LogP contribution in [0.15, 0.2) is 23.1 Å². The Kier molecular flexibility index (Phi) is 5.56. The van der Waals surface area contributed by atoms with E-state index in [2.05, 4.69) is 6.92 Å². The highest BCUT2D eigenvalue weighted by Gasteiger charge is 2.33. The van der Waals surface area contributed by atoms with Crippen molar-refractivity contribution in [3.8, 4) is 0 Å². The van der Waals surface area contributed by atoms with E-state index in [1.165, 1.54) is 6.26 Å². The van der Waals surface area contributed by atoms with Crippen LogP contribution in [0.2, 0.25) is 0 Å². The van der Waals surface area contributed by atoms with Crippen LogP contribution in [0, 0.1) is 6.92 Å². The molecule has 1 rings (SSSR count). The molecule has 4 nitrogen and oxygen atoms in total. The molecule has 0 bridgehead atoms. The topological polar surface area (TPSA) is 77.2 Å². The lowest BCUT2D eigenvalue weighted by Crippen LogP contribution is -2.38. The Morgan fingerprint density at radius 1 is 1.29 bits per heavy atom. The van der Waals surface area contributed by atoms with Gasteiger partial charge in [-0.3, -0.25) is 4.79 Å². The zero-order chi connectivity index (χ0) is 16.3. The van der Waals surface area contributed by atoms with Gasteiger partial charge in [0.2, 0.25) is 5.91 Å². The van der Waals surface area contributed by atoms with Gasteiger partial charge in [0, 0.05) is 6.26 Å². The van der Waals surface area contributed by atoms with Gasteiger partial charge >= 0.3 is 0 Å². The minimum atomic E-state index is -3.25. The Labute approximate surface area is 127 Å².